The molecule has 0 amide bonds. The quantitative estimate of drug-likeness (QED) is 0.549. The van der Waals surface area contributed by atoms with Crippen molar-refractivity contribution in [2.75, 3.05) is 0 Å². The second-order valence-electron chi connectivity index (χ2n) is 5.62. The Morgan fingerprint density at radius 1 is 0.826 bits per heavy atom. The largest absolute Gasteiger partial charge is 0.364 e. The van der Waals surface area contributed by atoms with Crippen LogP contribution in [0.5, 0.6) is 0 Å². The molecule has 0 aliphatic rings. The SMILES string of the molecule is O=CC(c1ccccc1)(c1ccc[nH]1)c1c[nH]c2ccccc12. The van der Waals surface area contributed by atoms with Crippen molar-refractivity contribution in [3.63, 3.8) is 0 Å². The lowest BCUT2D eigenvalue weighted by atomic mass is 9.73. The first-order chi connectivity index (χ1) is 11.4. The van der Waals surface area contributed by atoms with Crippen LogP contribution >= 0.6 is 0 Å². The predicted molar refractivity (Wildman–Crippen MR) is 91.5 cm³/mol. The minimum Gasteiger partial charge on any atom is -0.364 e. The fourth-order valence-electron chi connectivity index (χ4n) is 3.33. The van der Waals surface area contributed by atoms with Gasteiger partial charge in [-0.1, -0.05) is 48.5 Å². The summed E-state index contributed by atoms with van der Waals surface area (Å²) in [5, 5.41) is 1.05. The lowest BCUT2D eigenvalue weighted by Gasteiger charge is -2.28. The highest BCUT2D eigenvalue weighted by molar-refractivity contribution is 5.92. The van der Waals surface area contributed by atoms with E-state index >= 15 is 0 Å². The average Bonchev–Trinajstić information content (AvgIpc) is 3.28. The molecule has 0 fully saturated rings. The summed E-state index contributed by atoms with van der Waals surface area (Å²) in [6.45, 7) is 0. The van der Waals surface area contributed by atoms with E-state index < -0.39 is 5.41 Å². The lowest BCUT2D eigenvalue weighted by molar-refractivity contribution is -0.110. The molecule has 2 aromatic heterocycles. The van der Waals surface area contributed by atoms with Crippen LogP contribution in [0.25, 0.3) is 10.9 Å². The molecule has 2 heterocycles. The van der Waals surface area contributed by atoms with Gasteiger partial charge in [0.15, 0.2) is 0 Å². The van der Waals surface area contributed by atoms with Gasteiger partial charge in [-0.05, 0) is 23.8 Å². The van der Waals surface area contributed by atoms with Gasteiger partial charge >= 0.3 is 0 Å². The van der Waals surface area contributed by atoms with E-state index in [0.29, 0.717) is 0 Å². The van der Waals surface area contributed by atoms with Crippen molar-refractivity contribution in [3.05, 3.63) is 95.9 Å². The molecule has 3 heteroatoms. The van der Waals surface area contributed by atoms with Gasteiger partial charge in [-0.15, -0.1) is 0 Å². The number of H-pyrrole nitrogens is 2. The Balaban J connectivity index is 2.09. The Bertz CT molecular complexity index is 938. The minimum atomic E-state index is -0.857. The summed E-state index contributed by atoms with van der Waals surface area (Å²) in [4.78, 5) is 19.0. The lowest BCUT2D eigenvalue weighted by Crippen LogP contribution is -2.31. The van der Waals surface area contributed by atoms with E-state index in [1.165, 1.54) is 0 Å². The third-order valence-corrected chi connectivity index (χ3v) is 4.44. The first-order valence-corrected chi connectivity index (χ1v) is 7.58. The molecule has 0 bridgehead atoms. The van der Waals surface area contributed by atoms with Crippen molar-refractivity contribution in [1.29, 1.82) is 0 Å². The van der Waals surface area contributed by atoms with Gasteiger partial charge in [0, 0.05) is 34.6 Å². The molecule has 0 saturated carbocycles. The van der Waals surface area contributed by atoms with Gasteiger partial charge in [0.05, 0.1) is 0 Å². The number of aldehydes is 1. The van der Waals surface area contributed by atoms with Crippen molar-refractivity contribution in [2.24, 2.45) is 0 Å². The topological polar surface area (TPSA) is 48.6 Å². The Morgan fingerprint density at radius 3 is 2.35 bits per heavy atom. The van der Waals surface area contributed by atoms with Crippen LogP contribution in [0, 0.1) is 0 Å². The monoisotopic (exact) mass is 300 g/mol. The van der Waals surface area contributed by atoms with Gasteiger partial charge in [0.1, 0.15) is 11.7 Å². The van der Waals surface area contributed by atoms with Crippen LogP contribution in [0.1, 0.15) is 16.8 Å². The fourth-order valence-corrected chi connectivity index (χ4v) is 3.33. The smallest absolute Gasteiger partial charge is 0.141 e. The summed E-state index contributed by atoms with van der Waals surface area (Å²) < 4.78 is 0. The van der Waals surface area contributed by atoms with Gasteiger partial charge in [-0.3, -0.25) is 0 Å². The summed E-state index contributed by atoms with van der Waals surface area (Å²) in [7, 11) is 0. The number of rotatable bonds is 4. The van der Waals surface area contributed by atoms with Crippen LogP contribution in [-0.4, -0.2) is 16.3 Å². The molecule has 23 heavy (non-hydrogen) atoms. The van der Waals surface area contributed by atoms with Crippen LogP contribution in [0.3, 0.4) is 0 Å². The van der Waals surface area contributed by atoms with Crippen molar-refractivity contribution in [3.8, 4) is 0 Å². The van der Waals surface area contributed by atoms with Crippen LogP contribution in [0.2, 0.25) is 0 Å². The van der Waals surface area contributed by atoms with Gasteiger partial charge in [-0.2, -0.15) is 0 Å². The number of para-hydroxylation sites is 1. The summed E-state index contributed by atoms with van der Waals surface area (Å²) in [6.07, 6.45) is 4.82. The van der Waals surface area contributed by atoms with E-state index in [2.05, 4.69) is 9.97 Å². The van der Waals surface area contributed by atoms with Crippen molar-refractivity contribution in [1.82, 2.24) is 9.97 Å². The number of hydrogen-bond acceptors (Lipinski definition) is 1. The van der Waals surface area contributed by atoms with Crippen LogP contribution in [0.4, 0.5) is 0 Å². The highest BCUT2D eigenvalue weighted by Gasteiger charge is 2.39. The number of carbonyl (C=O) groups excluding carboxylic acids is 1. The van der Waals surface area contributed by atoms with Gasteiger partial charge in [0.2, 0.25) is 0 Å². The van der Waals surface area contributed by atoms with Gasteiger partial charge in [-0.25, -0.2) is 0 Å². The van der Waals surface area contributed by atoms with E-state index in [0.717, 1.165) is 34.0 Å². The van der Waals surface area contributed by atoms with Crippen LogP contribution < -0.4 is 0 Å². The summed E-state index contributed by atoms with van der Waals surface area (Å²) in [5.41, 5.74) is 2.93. The molecule has 0 saturated heterocycles. The van der Waals surface area contributed by atoms with E-state index in [1.54, 1.807) is 0 Å². The third-order valence-electron chi connectivity index (χ3n) is 4.44. The zero-order valence-electron chi connectivity index (χ0n) is 12.5. The number of nitrogens with one attached hydrogen (secondary N) is 2. The molecule has 2 N–H and O–H groups in total. The van der Waals surface area contributed by atoms with E-state index in [4.69, 9.17) is 0 Å². The zero-order valence-corrected chi connectivity index (χ0v) is 12.5. The van der Waals surface area contributed by atoms with Crippen LogP contribution in [-0.2, 0) is 10.2 Å². The second kappa shape index (κ2) is 5.29. The van der Waals surface area contributed by atoms with E-state index in [-0.39, 0.29) is 0 Å². The summed E-state index contributed by atoms with van der Waals surface area (Å²) in [5.74, 6) is 0. The van der Waals surface area contributed by atoms with E-state index in [1.807, 2.05) is 79.1 Å². The highest BCUT2D eigenvalue weighted by atomic mass is 16.1. The van der Waals surface area contributed by atoms with Crippen molar-refractivity contribution < 1.29 is 4.79 Å². The maximum Gasteiger partial charge on any atom is 0.141 e. The average molecular weight is 300 g/mol. The second-order valence-corrected chi connectivity index (χ2v) is 5.62. The number of hydrogen-bond donors (Lipinski definition) is 2. The molecule has 4 aromatic rings. The van der Waals surface area contributed by atoms with Crippen molar-refractivity contribution in [2.45, 2.75) is 5.41 Å². The molecule has 0 spiro atoms. The third kappa shape index (κ3) is 1.94. The first kappa shape index (κ1) is 13.6. The number of carbonyl (C=O) groups is 1. The molecule has 0 aliphatic heterocycles. The molecule has 0 aliphatic carbocycles. The molecule has 3 nitrogen and oxygen atoms in total. The summed E-state index contributed by atoms with van der Waals surface area (Å²) in [6, 6.07) is 21.8. The van der Waals surface area contributed by atoms with Gasteiger partial charge < -0.3 is 14.8 Å². The van der Waals surface area contributed by atoms with Crippen molar-refractivity contribution >= 4 is 17.2 Å². The summed E-state index contributed by atoms with van der Waals surface area (Å²) >= 11 is 0. The normalized spacial score (nSPS) is 13.7. The Morgan fingerprint density at radius 2 is 1.61 bits per heavy atom. The predicted octanol–water partition coefficient (Wildman–Crippen LogP) is 4.03. The molecular weight excluding hydrogens is 284 g/mol. The van der Waals surface area contributed by atoms with Gasteiger partial charge in [0.25, 0.3) is 0 Å². The molecule has 1 unspecified atom stereocenters. The first-order valence-electron chi connectivity index (χ1n) is 7.58. The minimum absolute atomic E-state index is 0.857. The molecule has 0 radical (unpaired) electrons. The number of aromatic amines is 2. The Kier molecular flexibility index (Phi) is 3.12. The molecular formula is C20H16N2O. The zero-order chi connectivity index (χ0) is 15.7. The van der Waals surface area contributed by atoms with E-state index in [9.17, 15) is 4.79 Å². The maximum atomic E-state index is 12.4. The maximum absolute atomic E-state index is 12.4. The molecule has 2 aromatic carbocycles. The number of benzene rings is 2. The standard InChI is InChI=1S/C20H16N2O/c23-14-20(19-11-6-12-21-19,15-7-2-1-3-8-15)17-13-22-18-10-5-4-9-16(17)18/h1-14,21-22H. The fraction of sp³-hybridized carbons (Fsp3) is 0.0500. The van der Waals surface area contributed by atoms with Crippen LogP contribution in [0.15, 0.2) is 79.1 Å². The number of aromatic nitrogens is 2. The molecule has 4 rings (SSSR count). The molecule has 1 atom stereocenters. The molecule has 112 valence electrons. The Labute approximate surface area is 134 Å². The Hall–Kier alpha value is -3.07. The highest BCUT2D eigenvalue weighted by Crippen LogP contribution is 2.40. The number of fused-ring (bicyclic) bond motifs is 1.